The average Bonchev–Trinajstić information content (AvgIpc) is 2.70. The fourth-order valence-electron chi connectivity index (χ4n) is 1.37. The van der Waals surface area contributed by atoms with Gasteiger partial charge in [0, 0.05) is 15.6 Å². The molecular weight excluding hydrogens is 256 g/mol. The zero-order valence-corrected chi connectivity index (χ0v) is 9.74. The van der Waals surface area contributed by atoms with Gasteiger partial charge in [0.2, 0.25) is 0 Å². The number of halogens is 1. The summed E-state index contributed by atoms with van der Waals surface area (Å²) < 4.78 is 6.15. The van der Waals surface area contributed by atoms with E-state index in [1.54, 1.807) is 25.3 Å². The van der Waals surface area contributed by atoms with Gasteiger partial charge in [-0.1, -0.05) is 22.0 Å². The zero-order valence-electron chi connectivity index (χ0n) is 8.16. The molecule has 15 heavy (non-hydrogen) atoms. The Morgan fingerprint density at radius 3 is 2.67 bits per heavy atom. The molecule has 0 aliphatic rings. The monoisotopic (exact) mass is 264 g/mol. The van der Waals surface area contributed by atoms with Crippen LogP contribution in [0.1, 0.15) is 17.3 Å². The number of hydrogen-bond donors (Lipinski definition) is 0. The lowest BCUT2D eigenvalue weighted by atomic mass is 10.1. The molecule has 1 heterocycles. The van der Waals surface area contributed by atoms with E-state index in [2.05, 4.69) is 15.9 Å². The van der Waals surface area contributed by atoms with Gasteiger partial charge in [0.25, 0.3) is 0 Å². The summed E-state index contributed by atoms with van der Waals surface area (Å²) in [6.07, 6.45) is 1.63. The number of benzene rings is 1. The van der Waals surface area contributed by atoms with Crippen LogP contribution in [0, 0.1) is 0 Å². The molecule has 1 aromatic carbocycles. The lowest BCUT2D eigenvalue weighted by Crippen LogP contribution is -1.91. The summed E-state index contributed by atoms with van der Waals surface area (Å²) in [5.74, 6) is 0.846. The summed E-state index contributed by atoms with van der Waals surface area (Å²) in [5.41, 5.74) is 1.64. The molecule has 2 nitrogen and oxygen atoms in total. The number of Topliss-reactive ketones (excluding diaryl/α,β-unsaturated/α-hetero) is 1. The van der Waals surface area contributed by atoms with Crippen molar-refractivity contribution < 1.29 is 9.21 Å². The lowest BCUT2D eigenvalue weighted by molar-refractivity contribution is 0.101. The second-order valence-electron chi connectivity index (χ2n) is 3.23. The van der Waals surface area contributed by atoms with Crippen molar-refractivity contribution in [3.63, 3.8) is 0 Å². The molecule has 0 N–H and O–H groups in total. The summed E-state index contributed by atoms with van der Waals surface area (Å²) in [7, 11) is 0. The highest BCUT2D eigenvalue weighted by Gasteiger charge is 2.08. The van der Waals surface area contributed by atoms with Crippen LogP contribution in [0.3, 0.4) is 0 Å². The molecule has 0 amide bonds. The molecule has 2 aromatic rings. The normalized spacial score (nSPS) is 10.3. The largest absolute Gasteiger partial charge is 0.464 e. The first kappa shape index (κ1) is 10.2. The third kappa shape index (κ3) is 2.02. The molecule has 0 radical (unpaired) electrons. The maximum Gasteiger partial charge on any atom is 0.159 e. The van der Waals surface area contributed by atoms with Crippen molar-refractivity contribution in [3.8, 4) is 11.3 Å². The van der Waals surface area contributed by atoms with E-state index in [-0.39, 0.29) is 5.78 Å². The Bertz CT molecular complexity index is 486. The number of carbonyl (C=O) groups excluding carboxylic acids is 1. The van der Waals surface area contributed by atoms with Gasteiger partial charge in [0.15, 0.2) is 5.78 Å². The Kier molecular flexibility index (Phi) is 2.73. The fourth-order valence-corrected chi connectivity index (χ4v) is 1.94. The van der Waals surface area contributed by atoms with E-state index >= 15 is 0 Å². The van der Waals surface area contributed by atoms with E-state index in [0.717, 1.165) is 15.8 Å². The Balaban J connectivity index is 2.48. The molecule has 0 saturated heterocycles. The van der Waals surface area contributed by atoms with Crippen molar-refractivity contribution in [2.24, 2.45) is 0 Å². The van der Waals surface area contributed by atoms with Crippen molar-refractivity contribution in [1.29, 1.82) is 0 Å². The van der Waals surface area contributed by atoms with Crippen molar-refractivity contribution >= 4 is 21.7 Å². The number of carbonyl (C=O) groups is 1. The molecule has 0 spiro atoms. The Labute approximate surface area is 96.0 Å². The molecule has 2 rings (SSSR count). The lowest BCUT2D eigenvalue weighted by Gasteiger charge is -2.02. The van der Waals surface area contributed by atoms with E-state index in [4.69, 9.17) is 4.42 Å². The fraction of sp³-hybridized carbons (Fsp3) is 0.0833. The third-order valence-corrected chi connectivity index (χ3v) is 2.82. The molecule has 0 unspecified atom stereocenters. The number of furan rings is 1. The molecular formula is C12H9BrO2. The van der Waals surface area contributed by atoms with Crippen LogP contribution >= 0.6 is 15.9 Å². The molecule has 0 atom stereocenters. The Morgan fingerprint density at radius 2 is 2.13 bits per heavy atom. The zero-order chi connectivity index (χ0) is 10.8. The van der Waals surface area contributed by atoms with Crippen molar-refractivity contribution in [2.75, 3.05) is 0 Å². The molecule has 0 fully saturated rings. The highest BCUT2D eigenvalue weighted by atomic mass is 79.9. The van der Waals surface area contributed by atoms with Crippen molar-refractivity contribution in [3.05, 3.63) is 46.6 Å². The standard InChI is InChI=1S/C12H9BrO2/c1-8(14)9-4-5-10(11(13)7-9)12-3-2-6-15-12/h2-7H,1H3. The topological polar surface area (TPSA) is 30.2 Å². The maximum absolute atomic E-state index is 11.2. The van der Waals surface area contributed by atoms with Gasteiger partial charge >= 0.3 is 0 Å². The first-order valence-corrected chi connectivity index (χ1v) is 5.32. The van der Waals surface area contributed by atoms with Crippen LogP contribution in [0.5, 0.6) is 0 Å². The van der Waals surface area contributed by atoms with E-state index in [9.17, 15) is 4.79 Å². The summed E-state index contributed by atoms with van der Waals surface area (Å²) in [4.78, 5) is 11.2. The molecule has 0 aliphatic carbocycles. The van der Waals surface area contributed by atoms with Crippen molar-refractivity contribution in [1.82, 2.24) is 0 Å². The van der Waals surface area contributed by atoms with E-state index in [1.807, 2.05) is 18.2 Å². The van der Waals surface area contributed by atoms with Gasteiger partial charge in [-0.25, -0.2) is 0 Å². The summed E-state index contributed by atoms with van der Waals surface area (Å²) >= 11 is 3.42. The van der Waals surface area contributed by atoms with Crippen LogP contribution in [0.15, 0.2) is 45.5 Å². The van der Waals surface area contributed by atoms with Gasteiger partial charge in [-0.3, -0.25) is 4.79 Å². The Hall–Kier alpha value is -1.35. The van der Waals surface area contributed by atoms with E-state index in [0.29, 0.717) is 5.56 Å². The minimum Gasteiger partial charge on any atom is -0.464 e. The minimum atomic E-state index is 0.0571. The van der Waals surface area contributed by atoms with Gasteiger partial charge in [-0.05, 0) is 31.2 Å². The van der Waals surface area contributed by atoms with Gasteiger partial charge in [0.1, 0.15) is 5.76 Å². The summed E-state index contributed by atoms with van der Waals surface area (Å²) in [5, 5.41) is 0. The third-order valence-electron chi connectivity index (χ3n) is 2.16. The molecule has 0 aliphatic heterocycles. The second kappa shape index (κ2) is 4.03. The van der Waals surface area contributed by atoms with Crippen LogP contribution in [0.25, 0.3) is 11.3 Å². The second-order valence-corrected chi connectivity index (χ2v) is 4.08. The molecule has 76 valence electrons. The van der Waals surface area contributed by atoms with Gasteiger partial charge < -0.3 is 4.42 Å². The highest BCUT2D eigenvalue weighted by molar-refractivity contribution is 9.10. The Morgan fingerprint density at radius 1 is 1.33 bits per heavy atom. The maximum atomic E-state index is 11.2. The van der Waals surface area contributed by atoms with Crippen molar-refractivity contribution in [2.45, 2.75) is 6.92 Å². The summed E-state index contributed by atoms with van der Waals surface area (Å²) in [6, 6.07) is 9.19. The number of hydrogen-bond acceptors (Lipinski definition) is 2. The average molecular weight is 265 g/mol. The van der Waals surface area contributed by atoms with Crippen LogP contribution < -0.4 is 0 Å². The minimum absolute atomic E-state index is 0.0571. The number of rotatable bonds is 2. The quantitative estimate of drug-likeness (QED) is 0.770. The SMILES string of the molecule is CC(=O)c1ccc(-c2ccco2)c(Br)c1. The van der Waals surface area contributed by atoms with Gasteiger partial charge in [0.05, 0.1) is 6.26 Å². The van der Waals surface area contributed by atoms with Gasteiger partial charge in [-0.15, -0.1) is 0 Å². The molecule has 0 saturated carbocycles. The van der Waals surface area contributed by atoms with Crippen LogP contribution in [0.2, 0.25) is 0 Å². The molecule has 1 aromatic heterocycles. The number of ketones is 1. The van der Waals surface area contributed by atoms with E-state index < -0.39 is 0 Å². The predicted molar refractivity (Wildman–Crippen MR) is 61.8 cm³/mol. The van der Waals surface area contributed by atoms with Crippen LogP contribution in [-0.2, 0) is 0 Å². The summed E-state index contributed by atoms with van der Waals surface area (Å²) in [6.45, 7) is 1.55. The predicted octanol–water partition coefficient (Wildman–Crippen LogP) is 3.91. The van der Waals surface area contributed by atoms with Crippen LogP contribution in [-0.4, -0.2) is 5.78 Å². The molecule has 3 heteroatoms. The highest BCUT2D eigenvalue weighted by Crippen LogP contribution is 2.29. The van der Waals surface area contributed by atoms with Gasteiger partial charge in [-0.2, -0.15) is 0 Å². The first-order chi connectivity index (χ1) is 7.18. The molecule has 0 bridgehead atoms. The van der Waals surface area contributed by atoms with Crippen LogP contribution in [0.4, 0.5) is 0 Å². The van der Waals surface area contributed by atoms with E-state index in [1.165, 1.54) is 0 Å². The smallest absolute Gasteiger partial charge is 0.159 e. The first-order valence-electron chi connectivity index (χ1n) is 4.53.